The number of likely N-dealkylation sites (N-methyl/N-ethyl adjacent to an activating group) is 1. The van der Waals surface area contributed by atoms with Crippen LogP contribution in [0.25, 0.3) is 10.9 Å². The number of aryl methyl sites for hydroxylation is 2. The summed E-state index contributed by atoms with van der Waals surface area (Å²) in [6, 6.07) is 3.33. The van der Waals surface area contributed by atoms with Crippen molar-refractivity contribution < 1.29 is 4.74 Å². The number of aromatic nitrogens is 2. The zero-order valence-corrected chi connectivity index (χ0v) is 11.8. The molecule has 5 nitrogen and oxygen atoms in total. The van der Waals surface area contributed by atoms with Gasteiger partial charge in [0.2, 0.25) is 0 Å². The zero-order chi connectivity index (χ0) is 14.0. The van der Waals surface area contributed by atoms with Gasteiger partial charge in [0.25, 0.3) is 5.56 Å². The summed E-state index contributed by atoms with van der Waals surface area (Å²) in [6.07, 6.45) is 1.77. The van der Waals surface area contributed by atoms with E-state index >= 15 is 0 Å². The normalized spacial score (nSPS) is 11.2. The first kappa shape index (κ1) is 13.5. The Morgan fingerprint density at radius 2 is 2.11 bits per heavy atom. The zero-order valence-electron chi connectivity index (χ0n) is 11.8. The molecule has 0 unspecified atom stereocenters. The van der Waals surface area contributed by atoms with Crippen molar-refractivity contribution in [2.45, 2.75) is 6.92 Å². The molecular formula is C14H19N3O2. The van der Waals surface area contributed by atoms with Crippen LogP contribution < -0.4 is 10.3 Å². The van der Waals surface area contributed by atoms with Crippen molar-refractivity contribution in [3.8, 4) is 5.75 Å². The molecule has 0 atom stereocenters. The topological polar surface area (TPSA) is 47.4 Å². The van der Waals surface area contributed by atoms with Crippen molar-refractivity contribution in [1.29, 1.82) is 0 Å². The lowest BCUT2D eigenvalue weighted by Gasteiger charge is -2.15. The minimum atomic E-state index is -0.0458. The number of nitrogens with zero attached hydrogens (tertiary/aromatic N) is 3. The van der Waals surface area contributed by atoms with E-state index in [9.17, 15) is 4.79 Å². The predicted molar refractivity (Wildman–Crippen MR) is 75.8 cm³/mol. The van der Waals surface area contributed by atoms with E-state index in [0.717, 1.165) is 23.1 Å². The lowest BCUT2D eigenvalue weighted by Crippen LogP contribution is -2.21. The molecule has 0 saturated heterocycles. The van der Waals surface area contributed by atoms with Gasteiger partial charge in [0.05, 0.1) is 11.2 Å². The van der Waals surface area contributed by atoms with Gasteiger partial charge in [-0.3, -0.25) is 9.78 Å². The first-order chi connectivity index (χ1) is 9.00. The molecule has 0 aliphatic heterocycles. The molecular weight excluding hydrogens is 242 g/mol. The van der Waals surface area contributed by atoms with Crippen LogP contribution in [0.4, 0.5) is 0 Å². The maximum atomic E-state index is 11.8. The molecule has 0 fully saturated rings. The van der Waals surface area contributed by atoms with Crippen LogP contribution in [-0.4, -0.2) is 41.7 Å². The highest BCUT2D eigenvalue weighted by atomic mass is 16.5. The number of fused-ring (bicyclic) bond motifs is 1. The Labute approximate surface area is 112 Å². The van der Waals surface area contributed by atoms with Crippen molar-refractivity contribution in [1.82, 2.24) is 14.5 Å². The second-order valence-corrected chi connectivity index (χ2v) is 4.86. The highest BCUT2D eigenvalue weighted by Crippen LogP contribution is 2.26. The molecule has 0 aliphatic rings. The predicted octanol–water partition coefficient (Wildman–Crippen LogP) is 1.18. The molecule has 2 rings (SSSR count). The molecule has 102 valence electrons. The van der Waals surface area contributed by atoms with Crippen molar-refractivity contribution in [2.75, 3.05) is 27.2 Å². The van der Waals surface area contributed by atoms with E-state index in [1.165, 1.54) is 0 Å². The van der Waals surface area contributed by atoms with E-state index in [-0.39, 0.29) is 5.56 Å². The van der Waals surface area contributed by atoms with Crippen LogP contribution in [0.2, 0.25) is 0 Å². The third-order valence-corrected chi connectivity index (χ3v) is 3.07. The fraction of sp³-hybridized carbons (Fsp3) is 0.429. The average molecular weight is 261 g/mol. The summed E-state index contributed by atoms with van der Waals surface area (Å²) in [5.41, 5.74) is 1.56. The third-order valence-electron chi connectivity index (χ3n) is 3.07. The maximum absolute atomic E-state index is 11.8. The van der Waals surface area contributed by atoms with Crippen LogP contribution in [0.5, 0.6) is 5.75 Å². The Hall–Kier alpha value is -1.88. The van der Waals surface area contributed by atoms with Gasteiger partial charge in [-0.1, -0.05) is 0 Å². The summed E-state index contributed by atoms with van der Waals surface area (Å²) in [6.45, 7) is 3.27. The van der Waals surface area contributed by atoms with Crippen molar-refractivity contribution >= 4 is 10.9 Å². The molecule has 0 bridgehead atoms. The smallest absolute Gasteiger partial charge is 0.250 e. The van der Waals surface area contributed by atoms with Crippen LogP contribution in [-0.2, 0) is 7.05 Å². The Morgan fingerprint density at radius 3 is 2.79 bits per heavy atom. The molecule has 0 saturated carbocycles. The standard InChI is InChI=1S/C14H19N3O2/c1-10-14(19-8-7-16(2)3)13-11(9-15-10)5-6-12(18)17(13)4/h5-6,9H,7-8H2,1-4H3. The fourth-order valence-electron chi connectivity index (χ4n) is 1.94. The second kappa shape index (κ2) is 5.40. The monoisotopic (exact) mass is 261 g/mol. The highest BCUT2D eigenvalue weighted by Gasteiger charge is 2.11. The van der Waals surface area contributed by atoms with Gasteiger partial charge >= 0.3 is 0 Å². The summed E-state index contributed by atoms with van der Waals surface area (Å²) in [7, 11) is 5.74. The molecule has 2 aromatic heterocycles. The first-order valence-corrected chi connectivity index (χ1v) is 6.23. The highest BCUT2D eigenvalue weighted by molar-refractivity contribution is 5.84. The van der Waals surface area contributed by atoms with E-state index in [4.69, 9.17) is 4.74 Å². The Kier molecular flexibility index (Phi) is 3.85. The largest absolute Gasteiger partial charge is 0.488 e. The SMILES string of the molecule is Cc1ncc2ccc(=O)n(C)c2c1OCCN(C)C. The Bertz CT molecular complexity index is 647. The average Bonchev–Trinajstić information content (AvgIpc) is 2.36. The van der Waals surface area contributed by atoms with E-state index < -0.39 is 0 Å². The lowest BCUT2D eigenvalue weighted by molar-refractivity contribution is 0.261. The van der Waals surface area contributed by atoms with Crippen LogP contribution in [0.15, 0.2) is 23.1 Å². The lowest BCUT2D eigenvalue weighted by atomic mass is 10.2. The van der Waals surface area contributed by atoms with Crippen molar-refractivity contribution in [2.24, 2.45) is 7.05 Å². The molecule has 19 heavy (non-hydrogen) atoms. The van der Waals surface area contributed by atoms with Gasteiger partial charge in [-0.15, -0.1) is 0 Å². The number of hydrogen-bond acceptors (Lipinski definition) is 4. The van der Waals surface area contributed by atoms with E-state index in [2.05, 4.69) is 4.98 Å². The summed E-state index contributed by atoms with van der Waals surface area (Å²) < 4.78 is 7.44. The molecule has 2 aromatic rings. The molecule has 0 radical (unpaired) electrons. The number of hydrogen-bond donors (Lipinski definition) is 0. The van der Waals surface area contributed by atoms with Crippen LogP contribution in [0.3, 0.4) is 0 Å². The number of pyridine rings is 2. The van der Waals surface area contributed by atoms with Gasteiger partial charge in [0, 0.05) is 31.2 Å². The van der Waals surface area contributed by atoms with Gasteiger partial charge in [-0.2, -0.15) is 0 Å². The maximum Gasteiger partial charge on any atom is 0.250 e. The number of rotatable bonds is 4. The molecule has 2 heterocycles. The van der Waals surface area contributed by atoms with E-state index in [0.29, 0.717) is 12.4 Å². The Morgan fingerprint density at radius 1 is 1.37 bits per heavy atom. The second-order valence-electron chi connectivity index (χ2n) is 4.86. The van der Waals surface area contributed by atoms with Crippen molar-refractivity contribution in [3.05, 3.63) is 34.4 Å². The quantitative estimate of drug-likeness (QED) is 0.829. The molecule has 0 amide bonds. The van der Waals surface area contributed by atoms with Gasteiger partial charge in [0.1, 0.15) is 6.61 Å². The van der Waals surface area contributed by atoms with Crippen LogP contribution in [0.1, 0.15) is 5.69 Å². The molecule has 5 heteroatoms. The summed E-state index contributed by atoms with van der Waals surface area (Å²) in [5.74, 6) is 0.694. The summed E-state index contributed by atoms with van der Waals surface area (Å²) in [5, 5.41) is 0.910. The van der Waals surface area contributed by atoms with Gasteiger partial charge in [-0.05, 0) is 27.1 Å². The number of ether oxygens (including phenoxy) is 1. The minimum absolute atomic E-state index is 0.0458. The third kappa shape index (κ3) is 2.76. The molecule has 0 aliphatic carbocycles. The Balaban J connectivity index is 2.48. The van der Waals surface area contributed by atoms with Crippen LogP contribution >= 0.6 is 0 Å². The molecule has 0 spiro atoms. The van der Waals surface area contributed by atoms with E-state index in [1.807, 2.05) is 25.9 Å². The van der Waals surface area contributed by atoms with E-state index in [1.54, 1.807) is 29.9 Å². The molecule has 0 N–H and O–H groups in total. The fourth-order valence-corrected chi connectivity index (χ4v) is 1.94. The van der Waals surface area contributed by atoms with Crippen molar-refractivity contribution in [3.63, 3.8) is 0 Å². The van der Waals surface area contributed by atoms with Crippen LogP contribution in [0, 0.1) is 6.92 Å². The first-order valence-electron chi connectivity index (χ1n) is 6.23. The molecule has 0 aromatic carbocycles. The minimum Gasteiger partial charge on any atom is -0.488 e. The summed E-state index contributed by atoms with van der Waals surface area (Å²) >= 11 is 0. The van der Waals surface area contributed by atoms with Gasteiger partial charge in [-0.25, -0.2) is 0 Å². The van der Waals surface area contributed by atoms with Gasteiger partial charge < -0.3 is 14.2 Å². The summed E-state index contributed by atoms with van der Waals surface area (Å²) in [4.78, 5) is 18.1. The van der Waals surface area contributed by atoms with Gasteiger partial charge in [0.15, 0.2) is 5.75 Å².